The number of ether oxygens (including phenoxy) is 1. The molecule has 0 aromatic heterocycles. The monoisotopic (exact) mass is 376 g/mol. The lowest BCUT2D eigenvalue weighted by molar-refractivity contribution is 0.148. The molecule has 0 radical (unpaired) electrons. The number of hydrogen-bond acceptors (Lipinski definition) is 3. The average Bonchev–Trinajstić information content (AvgIpc) is 2.62. The fraction of sp³-hybridized carbons (Fsp3) is 0.538. The zero-order valence-corrected chi connectivity index (χ0v) is 14.5. The Hall–Kier alpha value is -0.273. The van der Waals surface area contributed by atoms with Crippen LogP contribution in [-0.2, 0) is 4.74 Å². The van der Waals surface area contributed by atoms with E-state index in [2.05, 4.69) is 74.8 Å². The molecule has 0 saturated carbocycles. The zero-order valence-electron chi connectivity index (χ0n) is 11.3. The Morgan fingerprint density at radius 1 is 1.22 bits per heavy atom. The maximum Gasteiger partial charge on any atom is 0.120 e. The number of fused-ring (bicyclic) bond motifs is 1. The normalized spacial score (nSPS) is 15.1. The lowest BCUT2D eigenvalue weighted by Crippen LogP contribution is -2.29. The fourth-order valence-electron chi connectivity index (χ4n) is 1.90. The van der Waals surface area contributed by atoms with Gasteiger partial charge < -0.3 is 9.64 Å². The van der Waals surface area contributed by atoms with E-state index in [1.807, 2.05) is 0 Å². The largest absolute Gasteiger partial charge is 0.361 e. The molecule has 0 aliphatic carbocycles. The summed E-state index contributed by atoms with van der Waals surface area (Å²) in [6.45, 7) is 9.64. The van der Waals surface area contributed by atoms with Gasteiger partial charge in [-0.2, -0.15) is 0 Å². The van der Waals surface area contributed by atoms with E-state index in [1.54, 1.807) is 0 Å². The summed E-state index contributed by atoms with van der Waals surface area (Å²) in [6, 6.07) is 9.72. The van der Waals surface area contributed by atoms with Gasteiger partial charge in [-0.3, -0.25) is 3.11 Å². The molecule has 18 heavy (non-hydrogen) atoms. The van der Waals surface area contributed by atoms with Crippen LogP contribution in [0.25, 0.3) is 0 Å². The first kappa shape index (κ1) is 14.1. The van der Waals surface area contributed by atoms with Crippen LogP contribution >= 0.6 is 22.9 Å². The number of rotatable bonds is 5. The van der Waals surface area contributed by atoms with Crippen LogP contribution in [-0.4, -0.2) is 28.1 Å². The Bertz CT molecular complexity index is 408. The van der Waals surface area contributed by atoms with Crippen molar-refractivity contribution in [2.75, 3.05) is 28.0 Å². The summed E-state index contributed by atoms with van der Waals surface area (Å²) in [5.74, 6) is 0. The molecule has 5 heteroatoms. The SMILES string of the molecule is C[Si](C)(C)CCOCN1CN(I)c2ccccc21. The van der Waals surface area contributed by atoms with Crippen molar-refractivity contribution in [3.8, 4) is 0 Å². The molecule has 0 fully saturated rings. The summed E-state index contributed by atoms with van der Waals surface area (Å²) in [4.78, 5) is 2.28. The van der Waals surface area contributed by atoms with Gasteiger partial charge in [-0.25, -0.2) is 0 Å². The van der Waals surface area contributed by atoms with Gasteiger partial charge in [-0.15, -0.1) is 0 Å². The summed E-state index contributed by atoms with van der Waals surface area (Å²) >= 11 is 2.36. The van der Waals surface area contributed by atoms with Crippen LogP contribution < -0.4 is 8.01 Å². The number of anilines is 2. The van der Waals surface area contributed by atoms with Crippen molar-refractivity contribution < 1.29 is 4.74 Å². The zero-order chi connectivity index (χ0) is 13.2. The minimum absolute atomic E-state index is 0.695. The Morgan fingerprint density at radius 3 is 2.56 bits per heavy atom. The number of para-hydroxylation sites is 2. The van der Waals surface area contributed by atoms with Crippen LogP contribution in [0.3, 0.4) is 0 Å². The topological polar surface area (TPSA) is 15.7 Å². The molecule has 0 bridgehead atoms. The van der Waals surface area contributed by atoms with Crippen LogP contribution in [0.4, 0.5) is 11.4 Å². The van der Waals surface area contributed by atoms with Gasteiger partial charge in [-0.05, 0) is 18.2 Å². The molecule has 0 amide bonds. The lowest BCUT2D eigenvalue weighted by atomic mass is 10.3. The maximum atomic E-state index is 5.83. The molecule has 1 heterocycles. The Labute approximate surface area is 125 Å². The molecular weight excluding hydrogens is 355 g/mol. The van der Waals surface area contributed by atoms with E-state index in [1.165, 1.54) is 17.4 Å². The highest BCUT2D eigenvalue weighted by atomic mass is 127. The van der Waals surface area contributed by atoms with Crippen molar-refractivity contribution in [1.29, 1.82) is 0 Å². The van der Waals surface area contributed by atoms with Gasteiger partial charge in [-0.1, -0.05) is 31.8 Å². The van der Waals surface area contributed by atoms with E-state index in [0.29, 0.717) is 6.73 Å². The second-order valence-corrected chi connectivity index (χ2v) is 12.7. The first-order chi connectivity index (χ1) is 8.47. The second kappa shape index (κ2) is 5.79. The predicted molar refractivity (Wildman–Crippen MR) is 89.3 cm³/mol. The highest BCUT2D eigenvalue weighted by Gasteiger charge is 2.23. The van der Waals surface area contributed by atoms with Crippen LogP contribution in [0.1, 0.15) is 0 Å². The molecule has 1 aromatic rings. The molecule has 3 nitrogen and oxygen atoms in total. The molecule has 1 aliphatic heterocycles. The molecule has 1 aliphatic rings. The molecule has 1 aromatic carbocycles. The van der Waals surface area contributed by atoms with Crippen molar-refractivity contribution >= 4 is 42.3 Å². The summed E-state index contributed by atoms with van der Waals surface area (Å²) in [7, 11) is -0.975. The lowest BCUT2D eigenvalue weighted by Gasteiger charge is -2.20. The number of halogens is 1. The van der Waals surface area contributed by atoms with Gasteiger partial charge in [0, 0.05) is 14.7 Å². The third-order valence-corrected chi connectivity index (χ3v) is 5.55. The van der Waals surface area contributed by atoms with E-state index in [-0.39, 0.29) is 0 Å². The van der Waals surface area contributed by atoms with Crippen molar-refractivity contribution in [1.82, 2.24) is 0 Å². The quantitative estimate of drug-likeness (QED) is 0.335. The van der Waals surface area contributed by atoms with Gasteiger partial charge in [0.15, 0.2) is 0 Å². The third kappa shape index (κ3) is 3.61. The van der Waals surface area contributed by atoms with Crippen LogP contribution in [0.15, 0.2) is 24.3 Å². The van der Waals surface area contributed by atoms with Crippen molar-refractivity contribution in [2.45, 2.75) is 25.7 Å². The van der Waals surface area contributed by atoms with Crippen LogP contribution in [0.5, 0.6) is 0 Å². The van der Waals surface area contributed by atoms with Crippen molar-refractivity contribution in [2.24, 2.45) is 0 Å². The average molecular weight is 376 g/mol. The molecule has 0 atom stereocenters. The van der Waals surface area contributed by atoms with E-state index < -0.39 is 8.07 Å². The summed E-state index contributed by atoms with van der Waals surface area (Å²) in [5.41, 5.74) is 2.56. The first-order valence-corrected chi connectivity index (χ1v) is 11.0. The summed E-state index contributed by atoms with van der Waals surface area (Å²) in [6.07, 6.45) is 0. The van der Waals surface area contributed by atoms with E-state index in [9.17, 15) is 0 Å². The van der Waals surface area contributed by atoms with E-state index in [0.717, 1.165) is 13.3 Å². The summed E-state index contributed by atoms with van der Waals surface area (Å²) < 4.78 is 8.06. The van der Waals surface area contributed by atoms with Gasteiger partial charge in [0.05, 0.1) is 34.2 Å². The minimum atomic E-state index is -0.975. The van der Waals surface area contributed by atoms with E-state index >= 15 is 0 Å². The van der Waals surface area contributed by atoms with Crippen molar-refractivity contribution in [3.05, 3.63) is 24.3 Å². The molecule has 0 N–H and O–H groups in total. The van der Waals surface area contributed by atoms with Gasteiger partial charge in [0.2, 0.25) is 0 Å². The fourth-order valence-corrected chi connectivity index (χ4v) is 3.44. The predicted octanol–water partition coefficient (Wildman–Crippen LogP) is 3.93. The number of hydrogen-bond donors (Lipinski definition) is 0. The molecule has 100 valence electrons. The van der Waals surface area contributed by atoms with Crippen molar-refractivity contribution in [3.63, 3.8) is 0 Å². The molecule has 0 saturated heterocycles. The summed E-state index contributed by atoms with van der Waals surface area (Å²) in [5, 5.41) is 0. The first-order valence-electron chi connectivity index (χ1n) is 6.32. The van der Waals surface area contributed by atoms with Crippen LogP contribution in [0, 0.1) is 0 Å². The Balaban J connectivity index is 1.85. The third-order valence-electron chi connectivity index (χ3n) is 3.02. The van der Waals surface area contributed by atoms with Gasteiger partial charge >= 0.3 is 0 Å². The highest BCUT2D eigenvalue weighted by Crippen LogP contribution is 2.37. The molecule has 0 unspecified atom stereocenters. The van der Waals surface area contributed by atoms with E-state index in [4.69, 9.17) is 4.74 Å². The molecular formula is C13H21IN2OSi. The highest BCUT2D eigenvalue weighted by molar-refractivity contribution is 14.1. The minimum Gasteiger partial charge on any atom is -0.361 e. The number of benzene rings is 1. The Kier molecular flexibility index (Phi) is 4.55. The molecule has 2 rings (SSSR count). The smallest absolute Gasteiger partial charge is 0.120 e. The van der Waals surface area contributed by atoms with Gasteiger partial charge in [0.1, 0.15) is 13.4 Å². The second-order valence-electron chi connectivity index (χ2n) is 5.88. The van der Waals surface area contributed by atoms with Crippen LogP contribution in [0.2, 0.25) is 25.7 Å². The Morgan fingerprint density at radius 2 is 1.89 bits per heavy atom. The standard InChI is InChI=1S/C13H21IN2OSi/c1-18(2,3)9-8-17-11-15-10-16(14)13-7-5-4-6-12(13)15/h4-7H,8-11H2,1-3H3. The number of nitrogens with zero attached hydrogens (tertiary/aromatic N) is 2. The molecule has 0 spiro atoms. The maximum absolute atomic E-state index is 5.83. The van der Waals surface area contributed by atoms with Gasteiger partial charge in [0.25, 0.3) is 0 Å².